The number of esters is 1. The summed E-state index contributed by atoms with van der Waals surface area (Å²) in [4.78, 5) is 37.3. The van der Waals surface area contributed by atoms with E-state index in [4.69, 9.17) is 16.3 Å². The molecular weight excluding hydrogens is 518 g/mol. The Balaban J connectivity index is 1.87. The molecule has 0 aliphatic heterocycles. The van der Waals surface area contributed by atoms with Crippen LogP contribution in [-0.4, -0.2) is 16.4 Å². The minimum Gasteiger partial charge on any atom is -0.446 e. The second-order valence-corrected chi connectivity index (χ2v) is 7.75. The molecular formula is C23H15ClF6N2O4. The molecule has 0 aliphatic rings. The molecule has 1 unspecified atom stereocenters. The van der Waals surface area contributed by atoms with E-state index in [0.29, 0.717) is 35.0 Å². The maximum Gasteiger partial charge on any atom is 0.417 e. The van der Waals surface area contributed by atoms with Gasteiger partial charge in [0.2, 0.25) is 6.10 Å². The van der Waals surface area contributed by atoms with E-state index in [9.17, 15) is 40.7 Å². The Hall–Kier alpha value is -3.80. The first-order valence-electron chi connectivity index (χ1n) is 9.95. The number of alkyl halides is 6. The lowest BCUT2D eigenvalue weighted by Gasteiger charge is -2.19. The zero-order valence-electron chi connectivity index (χ0n) is 17.9. The van der Waals surface area contributed by atoms with Crippen LogP contribution in [0.15, 0.2) is 71.7 Å². The monoisotopic (exact) mass is 532 g/mol. The highest BCUT2D eigenvalue weighted by atomic mass is 35.5. The highest BCUT2D eigenvalue weighted by Gasteiger charge is 2.33. The van der Waals surface area contributed by atoms with Crippen molar-refractivity contribution >= 4 is 29.2 Å². The molecule has 2 aromatic carbocycles. The zero-order valence-corrected chi connectivity index (χ0v) is 18.6. The number of ether oxygens (including phenoxy) is 1. The first kappa shape index (κ1) is 26.8. The van der Waals surface area contributed by atoms with Gasteiger partial charge in [-0.05, 0) is 24.3 Å². The number of hydrogen-bond donors (Lipinski definition) is 1. The average Bonchev–Trinajstić information content (AvgIpc) is 2.79. The summed E-state index contributed by atoms with van der Waals surface area (Å²) >= 11 is 5.90. The second kappa shape index (κ2) is 10.4. The van der Waals surface area contributed by atoms with Crippen LogP contribution in [0.25, 0.3) is 0 Å². The number of hydrogen-bond acceptors (Lipinski definition) is 4. The highest BCUT2D eigenvalue weighted by Crippen LogP contribution is 2.34. The molecule has 1 N–H and O–H groups in total. The van der Waals surface area contributed by atoms with Crippen molar-refractivity contribution < 1.29 is 40.7 Å². The SMILES string of the molecule is O=C(Cn1cc(C(F)(F)F)ccc1=O)OC(C(=O)Nc1cc(C(F)(F)F)ccc1Cl)c1ccccc1. The van der Waals surface area contributed by atoms with Gasteiger partial charge >= 0.3 is 18.3 Å². The van der Waals surface area contributed by atoms with Gasteiger partial charge in [0.15, 0.2) is 0 Å². The second-order valence-electron chi connectivity index (χ2n) is 7.34. The van der Waals surface area contributed by atoms with Crippen molar-refractivity contribution in [1.82, 2.24) is 4.57 Å². The zero-order chi connectivity index (χ0) is 26.7. The van der Waals surface area contributed by atoms with Gasteiger partial charge in [0.1, 0.15) is 6.54 Å². The summed E-state index contributed by atoms with van der Waals surface area (Å²) in [6.45, 7) is -0.969. The molecule has 6 nitrogen and oxygen atoms in total. The highest BCUT2D eigenvalue weighted by molar-refractivity contribution is 6.33. The lowest BCUT2D eigenvalue weighted by molar-refractivity contribution is -0.155. The molecule has 1 heterocycles. The standard InChI is InChI=1S/C23H15ClF6N2O4/c24-16-8-6-14(22(25,26)27)10-17(16)31-21(35)20(13-4-2-1-3-5-13)36-19(34)12-32-11-15(23(28,29)30)7-9-18(32)33/h1-11,20H,12H2,(H,31,35). The molecule has 1 amide bonds. The van der Waals surface area contributed by atoms with Crippen LogP contribution in [0.4, 0.5) is 32.0 Å². The minimum absolute atomic E-state index is 0.0998. The van der Waals surface area contributed by atoms with Crippen LogP contribution in [0.5, 0.6) is 0 Å². The number of benzene rings is 2. The number of aromatic nitrogens is 1. The number of amides is 1. The molecule has 3 rings (SSSR count). The van der Waals surface area contributed by atoms with Gasteiger partial charge in [-0.1, -0.05) is 41.9 Å². The average molecular weight is 533 g/mol. The number of carbonyl (C=O) groups excluding carboxylic acids is 2. The summed E-state index contributed by atoms with van der Waals surface area (Å²) in [7, 11) is 0. The summed E-state index contributed by atoms with van der Waals surface area (Å²) in [6.07, 6.45) is -10.8. The molecule has 190 valence electrons. The Morgan fingerprint density at radius 2 is 1.53 bits per heavy atom. The third kappa shape index (κ3) is 6.66. The van der Waals surface area contributed by atoms with E-state index in [1.807, 2.05) is 0 Å². The third-order valence-corrected chi connectivity index (χ3v) is 5.08. The third-order valence-electron chi connectivity index (χ3n) is 4.75. The Kier molecular flexibility index (Phi) is 7.77. The lowest BCUT2D eigenvalue weighted by atomic mass is 10.1. The quantitative estimate of drug-likeness (QED) is 0.338. The van der Waals surface area contributed by atoms with Crippen LogP contribution in [-0.2, 0) is 33.2 Å². The van der Waals surface area contributed by atoms with Crippen molar-refractivity contribution in [3.05, 3.63) is 98.9 Å². The van der Waals surface area contributed by atoms with Gasteiger partial charge in [-0.2, -0.15) is 26.3 Å². The number of rotatable bonds is 6. The number of pyridine rings is 1. The van der Waals surface area contributed by atoms with E-state index in [1.165, 1.54) is 24.3 Å². The molecule has 0 spiro atoms. The molecule has 0 aliphatic carbocycles. The number of halogens is 7. The molecule has 0 fully saturated rings. The van der Waals surface area contributed by atoms with Crippen molar-refractivity contribution in [2.45, 2.75) is 25.0 Å². The van der Waals surface area contributed by atoms with E-state index < -0.39 is 59.3 Å². The minimum atomic E-state index is -4.78. The van der Waals surface area contributed by atoms with Crippen molar-refractivity contribution in [2.75, 3.05) is 5.32 Å². The summed E-state index contributed by atoms with van der Waals surface area (Å²) in [5.41, 5.74) is -3.53. The molecule has 0 saturated carbocycles. The Morgan fingerprint density at radius 3 is 2.14 bits per heavy atom. The Bertz CT molecular complexity index is 1320. The summed E-state index contributed by atoms with van der Waals surface area (Å²) in [5.74, 6) is -2.34. The van der Waals surface area contributed by atoms with Crippen LogP contribution in [0.2, 0.25) is 5.02 Å². The first-order valence-corrected chi connectivity index (χ1v) is 10.3. The Morgan fingerprint density at radius 1 is 0.917 bits per heavy atom. The van der Waals surface area contributed by atoms with Crippen molar-refractivity contribution in [1.29, 1.82) is 0 Å². The van der Waals surface area contributed by atoms with Gasteiger partial charge < -0.3 is 14.6 Å². The topological polar surface area (TPSA) is 77.4 Å². The van der Waals surface area contributed by atoms with E-state index in [1.54, 1.807) is 6.07 Å². The largest absolute Gasteiger partial charge is 0.446 e. The van der Waals surface area contributed by atoms with Gasteiger partial charge in [-0.3, -0.25) is 14.4 Å². The van der Waals surface area contributed by atoms with Gasteiger partial charge in [0.05, 0.1) is 21.8 Å². The van der Waals surface area contributed by atoms with Gasteiger partial charge in [-0.15, -0.1) is 0 Å². The van der Waals surface area contributed by atoms with E-state index in [-0.39, 0.29) is 10.6 Å². The normalized spacial score (nSPS) is 12.6. The smallest absolute Gasteiger partial charge is 0.417 e. The van der Waals surface area contributed by atoms with Crippen molar-refractivity contribution in [2.24, 2.45) is 0 Å². The molecule has 13 heteroatoms. The molecule has 0 saturated heterocycles. The number of carbonyl (C=O) groups is 2. The number of nitrogens with zero attached hydrogens (tertiary/aromatic N) is 1. The van der Waals surface area contributed by atoms with Gasteiger partial charge in [0, 0.05) is 17.8 Å². The van der Waals surface area contributed by atoms with Crippen LogP contribution in [0, 0.1) is 0 Å². The lowest BCUT2D eigenvalue weighted by Crippen LogP contribution is -2.30. The maximum absolute atomic E-state index is 13.1. The fourth-order valence-corrected chi connectivity index (χ4v) is 3.19. The van der Waals surface area contributed by atoms with Crippen LogP contribution in [0.1, 0.15) is 22.8 Å². The fourth-order valence-electron chi connectivity index (χ4n) is 3.03. The number of nitrogens with one attached hydrogen (secondary N) is 1. The number of anilines is 1. The predicted octanol–water partition coefficient (Wildman–Crippen LogP) is 5.46. The molecule has 36 heavy (non-hydrogen) atoms. The maximum atomic E-state index is 13.1. The molecule has 0 radical (unpaired) electrons. The molecule has 3 aromatic rings. The predicted molar refractivity (Wildman–Crippen MR) is 116 cm³/mol. The fraction of sp³-hybridized carbons (Fsp3) is 0.174. The van der Waals surface area contributed by atoms with E-state index in [2.05, 4.69) is 5.32 Å². The van der Waals surface area contributed by atoms with Gasteiger partial charge in [-0.25, -0.2) is 0 Å². The molecule has 1 aromatic heterocycles. The van der Waals surface area contributed by atoms with Crippen LogP contribution < -0.4 is 10.9 Å². The van der Waals surface area contributed by atoms with E-state index >= 15 is 0 Å². The summed E-state index contributed by atoms with van der Waals surface area (Å²) < 4.78 is 83.6. The molecule has 1 atom stereocenters. The van der Waals surface area contributed by atoms with Crippen molar-refractivity contribution in [3.8, 4) is 0 Å². The van der Waals surface area contributed by atoms with Crippen LogP contribution >= 0.6 is 11.6 Å². The Labute approximate surface area is 204 Å². The summed E-state index contributed by atoms with van der Waals surface area (Å²) in [6, 6.07) is 10.7. The van der Waals surface area contributed by atoms with Gasteiger partial charge in [0.25, 0.3) is 11.5 Å². The first-order chi connectivity index (χ1) is 16.8. The van der Waals surface area contributed by atoms with Crippen LogP contribution in [0.3, 0.4) is 0 Å². The van der Waals surface area contributed by atoms with E-state index in [0.717, 1.165) is 6.07 Å². The molecule has 0 bridgehead atoms. The summed E-state index contributed by atoms with van der Waals surface area (Å²) in [5, 5.41) is 1.93. The van der Waals surface area contributed by atoms with Crippen molar-refractivity contribution in [3.63, 3.8) is 0 Å².